The Morgan fingerprint density at radius 1 is 1.36 bits per heavy atom. The lowest BCUT2D eigenvalue weighted by Crippen LogP contribution is -2.14. The molecule has 25 heavy (non-hydrogen) atoms. The SMILES string of the molecule is C#Cc1ccc2sc(SNc3nc(C4CCOCC4)cs3)c(C)c2c1. The van der Waals surface area contributed by atoms with Crippen molar-refractivity contribution >= 4 is 49.8 Å². The van der Waals surface area contributed by atoms with E-state index >= 15 is 0 Å². The molecule has 6 heteroatoms. The van der Waals surface area contributed by atoms with Gasteiger partial charge in [-0.1, -0.05) is 5.92 Å². The summed E-state index contributed by atoms with van der Waals surface area (Å²) < 4.78 is 11.4. The number of ether oxygens (including phenoxy) is 1. The van der Waals surface area contributed by atoms with Gasteiger partial charge in [-0.3, -0.25) is 0 Å². The van der Waals surface area contributed by atoms with Crippen LogP contribution in [0.5, 0.6) is 0 Å². The van der Waals surface area contributed by atoms with Gasteiger partial charge in [-0.2, -0.15) is 0 Å². The average molecular weight is 387 g/mol. The quantitative estimate of drug-likeness (QED) is 0.463. The molecule has 1 fully saturated rings. The van der Waals surface area contributed by atoms with Crippen LogP contribution in [0.15, 0.2) is 27.8 Å². The molecule has 4 rings (SSSR count). The van der Waals surface area contributed by atoms with Crippen molar-refractivity contribution in [2.24, 2.45) is 0 Å². The summed E-state index contributed by atoms with van der Waals surface area (Å²) in [6, 6.07) is 6.21. The highest BCUT2D eigenvalue weighted by molar-refractivity contribution is 8.02. The number of hydrogen-bond acceptors (Lipinski definition) is 6. The molecular formula is C19H18N2OS3. The number of anilines is 1. The van der Waals surface area contributed by atoms with Crippen LogP contribution in [0.3, 0.4) is 0 Å². The Labute approximate surface area is 160 Å². The van der Waals surface area contributed by atoms with Gasteiger partial charge in [0.15, 0.2) is 5.13 Å². The maximum atomic E-state index is 5.52. The monoisotopic (exact) mass is 386 g/mol. The molecule has 1 N–H and O–H groups in total. The standard InChI is InChI=1S/C19H18N2OS3/c1-3-13-4-5-17-15(10-13)12(2)18(24-17)25-21-19-20-16(11-23-19)14-6-8-22-9-7-14/h1,4-5,10-11,14H,6-9H2,2H3,(H,20,21). The van der Waals surface area contributed by atoms with E-state index < -0.39 is 0 Å². The van der Waals surface area contributed by atoms with Crippen molar-refractivity contribution in [1.29, 1.82) is 0 Å². The first-order valence-electron chi connectivity index (χ1n) is 8.20. The van der Waals surface area contributed by atoms with Crippen molar-refractivity contribution in [1.82, 2.24) is 4.98 Å². The van der Waals surface area contributed by atoms with Crippen LogP contribution in [0.1, 0.15) is 35.6 Å². The number of terminal acetylenes is 1. The van der Waals surface area contributed by atoms with Crippen molar-refractivity contribution in [3.05, 3.63) is 40.4 Å². The zero-order valence-corrected chi connectivity index (χ0v) is 16.3. The predicted molar refractivity (Wildman–Crippen MR) is 109 cm³/mol. The summed E-state index contributed by atoms with van der Waals surface area (Å²) in [5.74, 6) is 3.25. The lowest BCUT2D eigenvalue weighted by Gasteiger charge is -2.19. The second kappa shape index (κ2) is 7.38. The Kier molecular flexibility index (Phi) is 5.00. The third-order valence-electron chi connectivity index (χ3n) is 4.45. The van der Waals surface area contributed by atoms with Crippen LogP contribution in [0.2, 0.25) is 0 Å². The van der Waals surface area contributed by atoms with Crippen molar-refractivity contribution in [2.75, 3.05) is 17.9 Å². The van der Waals surface area contributed by atoms with Gasteiger partial charge < -0.3 is 9.46 Å². The summed E-state index contributed by atoms with van der Waals surface area (Å²) in [6.07, 6.45) is 7.66. The zero-order chi connectivity index (χ0) is 17.2. The molecule has 128 valence electrons. The summed E-state index contributed by atoms with van der Waals surface area (Å²) in [5.41, 5.74) is 3.40. The highest BCUT2D eigenvalue weighted by Crippen LogP contribution is 2.39. The van der Waals surface area contributed by atoms with Gasteiger partial charge in [-0.15, -0.1) is 29.1 Å². The number of aryl methyl sites for hydroxylation is 1. The van der Waals surface area contributed by atoms with Crippen molar-refractivity contribution in [3.63, 3.8) is 0 Å². The fraction of sp³-hybridized carbons (Fsp3) is 0.316. The van der Waals surface area contributed by atoms with Crippen LogP contribution in [0, 0.1) is 19.3 Å². The number of fused-ring (bicyclic) bond motifs is 1. The second-order valence-electron chi connectivity index (χ2n) is 6.04. The number of nitrogens with one attached hydrogen (secondary N) is 1. The van der Waals surface area contributed by atoms with Gasteiger partial charge in [0.05, 0.1) is 9.90 Å². The predicted octanol–water partition coefficient (Wildman–Crippen LogP) is 5.66. The number of aromatic nitrogens is 1. The first-order valence-corrected chi connectivity index (χ1v) is 10.7. The molecule has 2 aromatic heterocycles. The molecule has 3 heterocycles. The summed E-state index contributed by atoms with van der Waals surface area (Å²) >= 11 is 5.10. The molecular weight excluding hydrogens is 368 g/mol. The van der Waals surface area contributed by atoms with Gasteiger partial charge >= 0.3 is 0 Å². The van der Waals surface area contributed by atoms with Gasteiger partial charge in [0.25, 0.3) is 0 Å². The molecule has 3 nitrogen and oxygen atoms in total. The molecule has 1 aliphatic rings. The third kappa shape index (κ3) is 3.56. The largest absolute Gasteiger partial charge is 0.381 e. The number of nitrogens with zero attached hydrogens (tertiary/aromatic N) is 1. The Bertz CT molecular complexity index is 932. The van der Waals surface area contributed by atoms with Crippen LogP contribution in [0.4, 0.5) is 5.13 Å². The number of benzene rings is 1. The summed E-state index contributed by atoms with van der Waals surface area (Å²) in [7, 11) is 0. The number of thiophene rings is 1. The molecule has 3 aromatic rings. The number of hydrogen-bond donors (Lipinski definition) is 1. The first kappa shape index (κ1) is 16.9. The van der Waals surface area contributed by atoms with E-state index in [1.807, 2.05) is 6.07 Å². The topological polar surface area (TPSA) is 34.2 Å². The highest BCUT2D eigenvalue weighted by atomic mass is 32.2. The molecule has 1 saturated heterocycles. The van der Waals surface area contributed by atoms with Crippen LogP contribution in [0.25, 0.3) is 10.1 Å². The Balaban J connectivity index is 1.48. The zero-order valence-electron chi connectivity index (χ0n) is 13.9. The van der Waals surface area contributed by atoms with Crippen LogP contribution < -0.4 is 4.72 Å². The van der Waals surface area contributed by atoms with Crippen molar-refractivity contribution in [2.45, 2.75) is 29.9 Å². The minimum Gasteiger partial charge on any atom is -0.381 e. The molecule has 1 aliphatic heterocycles. The maximum absolute atomic E-state index is 5.52. The number of rotatable bonds is 4. The average Bonchev–Trinajstić information content (AvgIpc) is 3.25. The smallest absolute Gasteiger partial charge is 0.193 e. The summed E-state index contributed by atoms with van der Waals surface area (Å²) in [5, 5.41) is 4.38. The van der Waals surface area contributed by atoms with Gasteiger partial charge in [-0.05, 0) is 60.9 Å². The maximum Gasteiger partial charge on any atom is 0.193 e. The third-order valence-corrected chi connectivity index (χ3v) is 7.71. The van der Waals surface area contributed by atoms with E-state index in [2.05, 4.69) is 35.1 Å². The van der Waals surface area contributed by atoms with E-state index in [0.717, 1.165) is 36.8 Å². The molecule has 0 atom stereocenters. The van der Waals surface area contributed by atoms with Gasteiger partial charge in [0, 0.05) is 34.8 Å². The fourth-order valence-corrected chi connectivity index (χ4v) is 5.91. The van der Waals surface area contributed by atoms with E-state index in [-0.39, 0.29) is 0 Å². The Morgan fingerprint density at radius 2 is 2.20 bits per heavy atom. The molecule has 0 bridgehead atoms. The number of thiazole rings is 1. The first-order chi connectivity index (χ1) is 12.2. The minimum absolute atomic E-state index is 0.541. The second-order valence-corrected chi connectivity index (χ2v) is 9.02. The van der Waals surface area contributed by atoms with Gasteiger partial charge in [0.1, 0.15) is 0 Å². The Morgan fingerprint density at radius 3 is 3.00 bits per heavy atom. The van der Waals surface area contributed by atoms with Crippen LogP contribution in [-0.4, -0.2) is 18.2 Å². The molecule has 0 amide bonds. The van der Waals surface area contributed by atoms with E-state index in [1.165, 1.54) is 25.6 Å². The van der Waals surface area contributed by atoms with Crippen molar-refractivity contribution < 1.29 is 4.74 Å². The van der Waals surface area contributed by atoms with Crippen LogP contribution >= 0.6 is 34.6 Å². The van der Waals surface area contributed by atoms with E-state index in [4.69, 9.17) is 16.1 Å². The molecule has 0 aliphatic carbocycles. The van der Waals surface area contributed by atoms with Crippen LogP contribution in [-0.2, 0) is 4.74 Å². The van der Waals surface area contributed by atoms with E-state index in [9.17, 15) is 0 Å². The molecule has 0 spiro atoms. The normalized spacial score (nSPS) is 15.4. The minimum atomic E-state index is 0.541. The van der Waals surface area contributed by atoms with E-state index in [1.54, 1.807) is 34.6 Å². The summed E-state index contributed by atoms with van der Waals surface area (Å²) in [6.45, 7) is 3.85. The van der Waals surface area contributed by atoms with Gasteiger partial charge in [-0.25, -0.2) is 4.98 Å². The Hall–Kier alpha value is -1.52. The lowest BCUT2D eigenvalue weighted by molar-refractivity contribution is 0.0846. The van der Waals surface area contributed by atoms with Gasteiger partial charge in [0.2, 0.25) is 0 Å². The lowest BCUT2D eigenvalue weighted by atomic mass is 9.98. The molecule has 0 unspecified atom stereocenters. The van der Waals surface area contributed by atoms with Crippen molar-refractivity contribution in [3.8, 4) is 12.3 Å². The fourth-order valence-electron chi connectivity index (χ4n) is 2.99. The van der Waals surface area contributed by atoms with E-state index in [0.29, 0.717) is 5.92 Å². The molecule has 0 radical (unpaired) electrons. The summed E-state index contributed by atoms with van der Waals surface area (Å²) in [4.78, 5) is 4.77. The highest BCUT2D eigenvalue weighted by Gasteiger charge is 2.19. The molecule has 1 aromatic carbocycles. The molecule has 0 saturated carbocycles.